The first-order chi connectivity index (χ1) is 9.65. The average Bonchev–Trinajstić information content (AvgIpc) is 3.05. The van der Waals surface area contributed by atoms with Gasteiger partial charge in [-0.2, -0.15) is 0 Å². The molecule has 0 spiro atoms. The van der Waals surface area contributed by atoms with Gasteiger partial charge in [0.1, 0.15) is 5.70 Å². The molecule has 0 radical (unpaired) electrons. The Hall–Kier alpha value is -2.44. The van der Waals surface area contributed by atoms with E-state index < -0.39 is 11.9 Å². The smallest absolute Gasteiger partial charge is 0.328 e. The highest BCUT2D eigenvalue weighted by Gasteiger charge is 2.29. The Balaban J connectivity index is 1.89. The quantitative estimate of drug-likeness (QED) is 0.630. The molecular weight excluding hydrogens is 258 g/mol. The standard InChI is InChI=1S/C13H15N5O2/c1-17-10(11(19)16-13(17)20)8-9-4-5-14-12(15-9)18-6-2-3-7-18/h4-5,8H,2-3,6-7H2,1H3,(H,16,19,20). The summed E-state index contributed by atoms with van der Waals surface area (Å²) in [5.74, 6) is 0.267. The highest BCUT2D eigenvalue weighted by Crippen LogP contribution is 2.18. The van der Waals surface area contributed by atoms with Crippen molar-refractivity contribution in [3.8, 4) is 0 Å². The van der Waals surface area contributed by atoms with Crippen molar-refractivity contribution in [2.45, 2.75) is 12.8 Å². The number of aromatic nitrogens is 2. The fourth-order valence-corrected chi connectivity index (χ4v) is 2.32. The second kappa shape index (κ2) is 4.92. The number of amides is 3. The van der Waals surface area contributed by atoms with Crippen LogP contribution in [0.3, 0.4) is 0 Å². The van der Waals surface area contributed by atoms with Crippen molar-refractivity contribution in [1.29, 1.82) is 0 Å². The molecule has 3 amide bonds. The van der Waals surface area contributed by atoms with Crippen molar-refractivity contribution >= 4 is 24.0 Å². The molecule has 104 valence electrons. The third-order valence-electron chi connectivity index (χ3n) is 3.46. The normalized spacial score (nSPS) is 20.9. The molecule has 3 rings (SSSR count). The maximum absolute atomic E-state index is 11.6. The molecule has 3 heterocycles. The summed E-state index contributed by atoms with van der Waals surface area (Å²) in [6, 6.07) is 1.30. The Morgan fingerprint density at radius 2 is 2.05 bits per heavy atom. The molecule has 0 aliphatic carbocycles. The number of likely N-dealkylation sites (N-methyl/N-ethyl adjacent to an activating group) is 1. The number of nitrogens with one attached hydrogen (secondary N) is 1. The lowest BCUT2D eigenvalue weighted by Gasteiger charge is -2.14. The lowest BCUT2D eigenvalue weighted by atomic mass is 10.3. The van der Waals surface area contributed by atoms with Gasteiger partial charge in [0, 0.05) is 26.3 Å². The maximum Gasteiger partial charge on any atom is 0.328 e. The zero-order chi connectivity index (χ0) is 14.1. The molecule has 1 aromatic heterocycles. The van der Waals surface area contributed by atoms with Crippen molar-refractivity contribution in [3.05, 3.63) is 23.7 Å². The summed E-state index contributed by atoms with van der Waals surface area (Å²) in [5, 5.41) is 2.23. The van der Waals surface area contributed by atoms with E-state index in [-0.39, 0.29) is 0 Å². The van der Waals surface area contributed by atoms with Crippen LogP contribution in [0.25, 0.3) is 6.08 Å². The molecule has 2 saturated heterocycles. The summed E-state index contributed by atoms with van der Waals surface area (Å²) in [5.41, 5.74) is 0.912. The number of nitrogens with zero attached hydrogens (tertiary/aromatic N) is 4. The van der Waals surface area contributed by atoms with Crippen molar-refractivity contribution in [1.82, 2.24) is 20.2 Å². The number of carbonyl (C=O) groups is 2. The minimum Gasteiger partial charge on any atom is -0.341 e. The van der Waals surface area contributed by atoms with Crippen LogP contribution in [0.5, 0.6) is 0 Å². The van der Waals surface area contributed by atoms with E-state index >= 15 is 0 Å². The molecule has 1 N–H and O–H groups in total. The van der Waals surface area contributed by atoms with Crippen molar-refractivity contribution in [3.63, 3.8) is 0 Å². The molecule has 20 heavy (non-hydrogen) atoms. The van der Waals surface area contributed by atoms with Gasteiger partial charge in [-0.3, -0.25) is 15.0 Å². The van der Waals surface area contributed by atoms with Crippen molar-refractivity contribution in [2.75, 3.05) is 25.0 Å². The zero-order valence-corrected chi connectivity index (χ0v) is 11.2. The van der Waals surface area contributed by atoms with Gasteiger partial charge in [-0.1, -0.05) is 0 Å². The van der Waals surface area contributed by atoms with E-state index in [1.54, 1.807) is 25.4 Å². The minimum absolute atomic E-state index is 0.293. The minimum atomic E-state index is -0.421. The van der Waals surface area contributed by atoms with Gasteiger partial charge >= 0.3 is 6.03 Å². The van der Waals surface area contributed by atoms with E-state index in [2.05, 4.69) is 20.2 Å². The van der Waals surface area contributed by atoms with Crippen LogP contribution in [0, 0.1) is 0 Å². The second-order valence-electron chi connectivity index (χ2n) is 4.82. The summed E-state index contributed by atoms with van der Waals surface area (Å²) in [6.07, 6.45) is 5.56. The van der Waals surface area contributed by atoms with Crippen LogP contribution in [-0.2, 0) is 4.79 Å². The summed E-state index contributed by atoms with van der Waals surface area (Å²) >= 11 is 0. The zero-order valence-electron chi connectivity index (χ0n) is 11.2. The Morgan fingerprint density at radius 3 is 2.70 bits per heavy atom. The number of urea groups is 1. The summed E-state index contributed by atoms with van der Waals surface area (Å²) in [4.78, 5) is 35.1. The molecule has 0 atom stereocenters. The third kappa shape index (κ3) is 2.22. The van der Waals surface area contributed by atoms with Gasteiger partial charge in [0.25, 0.3) is 5.91 Å². The average molecular weight is 273 g/mol. The topological polar surface area (TPSA) is 78.4 Å². The fraction of sp³-hybridized carbons (Fsp3) is 0.385. The molecule has 0 aromatic carbocycles. The van der Waals surface area contributed by atoms with Crippen LogP contribution in [0.4, 0.5) is 10.7 Å². The van der Waals surface area contributed by atoms with Crippen LogP contribution < -0.4 is 10.2 Å². The van der Waals surface area contributed by atoms with E-state index in [4.69, 9.17) is 0 Å². The number of hydrogen-bond donors (Lipinski definition) is 1. The molecule has 2 fully saturated rings. The van der Waals surface area contributed by atoms with Crippen molar-refractivity contribution in [2.24, 2.45) is 0 Å². The van der Waals surface area contributed by atoms with Crippen LogP contribution >= 0.6 is 0 Å². The molecule has 2 aliphatic rings. The fourth-order valence-electron chi connectivity index (χ4n) is 2.32. The van der Waals surface area contributed by atoms with Crippen molar-refractivity contribution < 1.29 is 9.59 Å². The number of hydrogen-bond acceptors (Lipinski definition) is 5. The summed E-state index contributed by atoms with van der Waals surface area (Å²) in [6.45, 7) is 1.91. The largest absolute Gasteiger partial charge is 0.341 e. The second-order valence-corrected chi connectivity index (χ2v) is 4.82. The third-order valence-corrected chi connectivity index (χ3v) is 3.46. The molecule has 0 bridgehead atoms. The molecule has 1 aromatic rings. The number of rotatable bonds is 2. The highest BCUT2D eigenvalue weighted by atomic mass is 16.2. The van der Waals surface area contributed by atoms with E-state index in [0.717, 1.165) is 25.9 Å². The van der Waals surface area contributed by atoms with Crippen LogP contribution in [0.15, 0.2) is 18.0 Å². The van der Waals surface area contributed by atoms with Gasteiger partial charge < -0.3 is 4.90 Å². The SMILES string of the molecule is CN1C(=O)NC(=O)C1=Cc1ccnc(N2CCCC2)n1. The van der Waals surface area contributed by atoms with E-state index in [0.29, 0.717) is 17.3 Å². The van der Waals surface area contributed by atoms with Crippen LogP contribution in [0.2, 0.25) is 0 Å². The Morgan fingerprint density at radius 1 is 1.30 bits per heavy atom. The number of imide groups is 1. The first-order valence-corrected chi connectivity index (χ1v) is 6.54. The van der Waals surface area contributed by atoms with Gasteiger partial charge in [-0.05, 0) is 25.0 Å². The summed E-state index contributed by atoms with van der Waals surface area (Å²) < 4.78 is 0. The van der Waals surface area contributed by atoms with Gasteiger partial charge in [-0.15, -0.1) is 0 Å². The van der Waals surface area contributed by atoms with E-state index in [9.17, 15) is 9.59 Å². The number of carbonyl (C=O) groups excluding carboxylic acids is 2. The molecule has 7 nitrogen and oxygen atoms in total. The van der Waals surface area contributed by atoms with Gasteiger partial charge in [0.15, 0.2) is 0 Å². The molecular formula is C13H15N5O2. The molecule has 2 aliphatic heterocycles. The number of anilines is 1. The van der Waals surface area contributed by atoms with Crippen LogP contribution in [0.1, 0.15) is 18.5 Å². The molecule has 7 heteroatoms. The van der Waals surface area contributed by atoms with Gasteiger partial charge in [-0.25, -0.2) is 14.8 Å². The maximum atomic E-state index is 11.6. The monoisotopic (exact) mass is 273 g/mol. The predicted molar refractivity (Wildman–Crippen MR) is 72.8 cm³/mol. The Kier molecular flexibility index (Phi) is 3.09. The highest BCUT2D eigenvalue weighted by molar-refractivity contribution is 6.13. The lowest BCUT2D eigenvalue weighted by molar-refractivity contribution is -0.115. The first kappa shape index (κ1) is 12.6. The van der Waals surface area contributed by atoms with Gasteiger partial charge in [0.2, 0.25) is 5.95 Å². The molecule has 0 unspecified atom stereocenters. The van der Waals surface area contributed by atoms with Crippen LogP contribution in [-0.4, -0.2) is 46.9 Å². The predicted octanol–water partition coefficient (Wildman–Crippen LogP) is 0.599. The Bertz CT molecular complexity index is 592. The summed E-state index contributed by atoms with van der Waals surface area (Å²) in [7, 11) is 1.55. The van der Waals surface area contributed by atoms with E-state index in [1.807, 2.05) is 0 Å². The van der Waals surface area contributed by atoms with E-state index in [1.165, 1.54) is 4.90 Å². The van der Waals surface area contributed by atoms with Gasteiger partial charge in [0.05, 0.1) is 5.69 Å². The molecule has 0 saturated carbocycles. The Labute approximate surface area is 116 Å². The lowest BCUT2D eigenvalue weighted by Crippen LogP contribution is -2.24. The first-order valence-electron chi connectivity index (χ1n) is 6.54.